The van der Waals surface area contributed by atoms with Crippen LogP contribution >= 0.6 is 0 Å². The van der Waals surface area contributed by atoms with Gasteiger partial charge in [0.1, 0.15) is 29.9 Å². The third-order valence-corrected chi connectivity index (χ3v) is 10.7. The van der Waals surface area contributed by atoms with E-state index < -0.39 is 5.97 Å². The minimum absolute atomic E-state index is 0.0301. The second-order valence-electron chi connectivity index (χ2n) is 13.9. The van der Waals surface area contributed by atoms with Crippen LogP contribution in [-0.2, 0) is 19.3 Å². The highest BCUT2D eigenvalue weighted by atomic mass is 16.4. The molecule has 3 aliphatic heterocycles. The summed E-state index contributed by atoms with van der Waals surface area (Å²) in [6.07, 6.45) is 6.13. The van der Waals surface area contributed by atoms with Gasteiger partial charge in [0, 0.05) is 65.0 Å². The first-order chi connectivity index (χ1) is 25.9. The normalized spacial score (nSPS) is 14.1. The Balaban J connectivity index is 1.00. The van der Waals surface area contributed by atoms with Gasteiger partial charge in [-0.3, -0.25) is 4.79 Å². The van der Waals surface area contributed by atoms with E-state index in [9.17, 15) is 14.7 Å². The Kier molecular flexibility index (Phi) is 8.18. The maximum atomic E-state index is 13.7. The number of aromatic carboxylic acids is 1. The van der Waals surface area contributed by atoms with Crippen molar-refractivity contribution in [3.63, 3.8) is 0 Å². The molecule has 2 fully saturated rings. The second-order valence-corrected chi connectivity index (χ2v) is 13.9. The molecule has 5 heterocycles. The number of benzene rings is 4. The number of nitrogen functional groups attached to an aromatic ring is 1. The zero-order valence-electron chi connectivity index (χ0n) is 29.1. The Morgan fingerprint density at radius 3 is 2.42 bits per heavy atom. The van der Waals surface area contributed by atoms with Crippen molar-refractivity contribution in [1.29, 1.82) is 0 Å². The number of aromatic nitrogens is 4. The van der Waals surface area contributed by atoms with E-state index in [0.717, 1.165) is 89.8 Å². The van der Waals surface area contributed by atoms with Gasteiger partial charge in [-0.1, -0.05) is 36.4 Å². The van der Waals surface area contributed by atoms with Crippen LogP contribution in [0.2, 0.25) is 0 Å². The number of carboxylic acids is 1. The molecule has 0 amide bonds. The molecule has 0 spiro atoms. The molecule has 11 nitrogen and oxygen atoms in total. The SMILES string of the molecule is Nc1nc(CCc2ccc(CCC(=O)c3ccc(C(=O)[O-])c(-c4c5ccc(=[N+]6CCC6)cc-5oc5cc(N6CCC6)ccc45)c3)cc2)c2[nH]cnc2n1. The van der Waals surface area contributed by atoms with E-state index in [1.165, 1.54) is 6.07 Å². The summed E-state index contributed by atoms with van der Waals surface area (Å²) in [5.41, 5.74) is 14.4. The molecule has 264 valence electrons. The Morgan fingerprint density at radius 2 is 1.68 bits per heavy atom. The Labute approximate surface area is 304 Å². The lowest BCUT2D eigenvalue weighted by Crippen LogP contribution is -2.40. The Bertz CT molecular complexity index is 2600. The van der Waals surface area contributed by atoms with Crippen LogP contribution in [0, 0.1) is 0 Å². The van der Waals surface area contributed by atoms with E-state index in [0.29, 0.717) is 46.5 Å². The number of aromatic amines is 1. The van der Waals surface area contributed by atoms with Crippen LogP contribution in [0.5, 0.6) is 0 Å². The molecule has 9 rings (SSSR count). The second kappa shape index (κ2) is 13.3. The van der Waals surface area contributed by atoms with Gasteiger partial charge in [0.25, 0.3) is 0 Å². The monoisotopic (exact) mass is 703 g/mol. The number of nitrogens with two attached hydrogens (primary N) is 1. The van der Waals surface area contributed by atoms with Crippen molar-refractivity contribution in [3.8, 4) is 22.5 Å². The quantitative estimate of drug-likeness (QED) is 0.116. The van der Waals surface area contributed by atoms with Gasteiger partial charge in [-0.2, -0.15) is 4.98 Å². The van der Waals surface area contributed by atoms with E-state index in [4.69, 9.17) is 10.2 Å². The summed E-state index contributed by atoms with van der Waals surface area (Å²) in [5, 5.41) is 14.5. The van der Waals surface area contributed by atoms with Gasteiger partial charge >= 0.3 is 0 Å². The Hall–Kier alpha value is -6.36. The molecule has 2 aromatic heterocycles. The van der Waals surface area contributed by atoms with Crippen molar-refractivity contribution in [3.05, 3.63) is 118 Å². The number of nitrogens with one attached hydrogen (secondary N) is 1. The first-order valence-electron chi connectivity index (χ1n) is 18.1. The number of rotatable bonds is 10. The van der Waals surface area contributed by atoms with Gasteiger partial charge in [-0.15, -0.1) is 0 Å². The number of carbonyl (C=O) groups is 2. The van der Waals surface area contributed by atoms with E-state index in [-0.39, 0.29) is 23.7 Å². The lowest BCUT2D eigenvalue weighted by Gasteiger charge is -2.33. The molecule has 11 heteroatoms. The van der Waals surface area contributed by atoms with Crippen LogP contribution in [-0.4, -0.2) is 57.9 Å². The predicted octanol–water partition coefficient (Wildman–Crippen LogP) is 4.80. The number of Topliss-reactive ketones (excluding diaryl/α,β-unsaturated/α-hetero) is 1. The summed E-state index contributed by atoms with van der Waals surface area (Å²) in [4.78, 5) is 44.5. The largest absolute Gasteiger partial charge is 0.545 e. The van der Waals surface area contributed by atoms with Crippen LogP contribution < -0.4 is 25.7 Å². The first kappa shape index (κ1) is 32.5. The molecule has 0 bridgehead atoms. The average molecular weight is 704 g/mol. The first-order valence-corrected chi connectivity index (χ1v) is 18.1. The molecule has 0 atom stereocenters. The number of aryl methyl sites for hydroxylation is 3. The topological polar surface area (TPSA) is 157 Å². The summed E-state index contributed by atoms with van der Waals surface area (Å²) in [6, 6.07) is 25.2. The number of imidazole rings is 1. The molecule has 0 saturated carbocycles. The molecule has 0 unspecified atom stereocenters. The van der Waals surface area contributed by atoms with Gasteiger partial charge in [-0.25, -0.2) is 14.5 Å². The minimum Gasteiger partial charge on any atom is -0.545 e. The van der Waals surface area contributed by atoms with Crippen molar-refractivity contribution in [2.24, 2.45) is 0 Å². The standard InChI is InChI=1S/C42H37N7O4/c43-42-46-34(39-40(47-42)45-24-44-39)15-7-25-3-5-26(6-4-25)8-16-35(50)27-9-12-30(41(51)52)33(21-27)38-31-13-10-28(48-17-1-18-48)22-36(31)53-37-23-29(11-14-32(37)38)49-19-2-20-49/h3-6,9-14,21-24H,1-2,7-8,15-20H2,(H3-,43,44,45,46,47,51,52). The fourth-order valence-corrected chi connectivity index (χ4v) is 7.43. The van der Waals surface area contributed by atoms with Gasteiger partial charge < -0.3 is 29.9 Å². The maximum absolute atomic E-state index is 13.7. The fourth-order valence-electron chi connectivity index (χ4n) is 7.43. The summed E-state index contributed by atoms with van der Waals surface area (Å²) < 4.78 is 8.85. The zero-order chi connectivity index (χ0) is 36.1. The number of carbonyl (C=O) groups excluding carboxylic acids is 2. The molecule has 3 aromatic carbocycles. The van der Waals surface area contributed by atoms with Crippen LogP contribution in [0.3, 0.4) is 0 Å². The highest BCUT2D eigenvalue weighted by molar-refractivity contribution is 6.09. The van der Waals surface area contributed by atoms with E-state index in [1.807, 2.05) is 36.4 Å². The number of nitrogens with zero attached hydrogens (tertiary/aromatic N) is 5. The molecule has 1 aliphatic carbocycles. The molecule has 3 N–H and O–H groups in total. The number of anilines is 2. The van der Waals surface area contributed by atoms with Gasteiger partial charge in [-0.05, 0) is 66.6 Å². The minimum atomic E-state index is -1.30. The van der Waals surface area contributed by atoms with Crippen LogP contribution in [0.25, 0.3) is 44.6 Å². The highest BCUT2D eigenvalue weighted by Gasteiger charge is 2.25. The number of fused-ring (bicyclic) bond motifs is 3. The Morgan fingerprint density at radius 1 is 0.868 bits per heavy atom. The molecule has 53 heavy (non-hydrogen) atoms. The van der Waals surface area contributed by atoms with E-state index in [2.05, 4.69) is 53.7 Å². The highest BCUT2D eigenvalue weighted by Crippen LogP contribution is 2.42. The van der Waals surface area contributed by atoms with Gasteiger partial charge in [0.15, 0.2) is 11.4 Å². The van der Waals surface area contributed by atoms with Crippen molar-refractivity contribution in [2.45, 2.75) is 38.5 Å². The average Bonchev–Trinajstić information content (AvgIpc) is 3.59. The van der Waals surface area contributed by atoms with Gasteiger partial charge in [0.2, 0.25) is 11.3 Å². The number of hydrogen-bond acceptors (Lipinski definition) is 9. The van der Waals surface area contributed by atoms with Crippen molar-refractivity contribution in [2.75, 3.05) is 36.8 Å². The summed E-state index contributed by atoms with van der Waals surface area (Å²) in [7, 11) is 0. The molecule has 0 radical (unpaired) electrons. The van der Waals surface area contributed by atoms with Crippen molar-refractivity contribution in [1.82, 2.24) is 24.5 Å². The fraction of sp³-hybridized carbons (Fsp3) is 0.238. The molecule has 5 aromatic rings. The summed E-state index contributed by atoms with van der Waals surface area (Å²) in [6.45, 7) is 3.96. The molecule has 2 saturated heterocycles. The lowest BCUT2D eigenvalue weighted by molar-refractivity contribution is -0.254. The maximum Gasteiger partial charge on any atom is 0.222 e. The number of H-pyrrole nitrogens is 1. The number of hydrogen-bond donors (Lipinski definition) is 2. The lowest BCUT2D eigenvalue weighted by atomic mass is 9.88. The van der Waals surface area contributed by atoms with Crippen molar-refractivity contribution < 1.29 is 19.1 Å². The molecular weight excluding hydrogens is 667 g/mol. The van der Waals surface area contributed by atoms with Crippen LogP contribution in [0.1, 0.15) is 56.8 Å². The third-order valence-electron chi connectivity index (χ3n) is 10.7. The van der Waals surface area contributed by atoms with Crippen LogP contribution in [0.4, 0.5) is 11.6 Å². The molecular formula is C42H37N7O4. The number of ketones is 1. The van der Waals surface area contributed by atoms with E-state index in [1.54, 1.807) is 18.5 Å². The molecule has 4 aliphatic rings. The van der Waals surface area contributed by atoms with E-state index >= 15 is 0 Å². The van der Waals surface area contributed by atoms with Crippen molar-refractivity contribution >= 4 is 45.5 Å². The smallest absolute Gasteiger partial charge is 0.222 e. The summed E-state index contributed by atoms with van der Waals surface area (Å²) >= 11 is 0. The number of carboxylic acid groups (broad SMARTS) is 1. The third kappa shape index (κ3) is 6.18. The zero-order valence-corrected chi connectivity index (χ0v) is 29.1. The van der Waals surface area contributed by atoms with Crippen LogP contribution in [0.15, 0.2) is 89.6 Å². The van der Waals surface area contributed by atoms with Gasteiger partial charge in [0.05, 0.1) is 30.5 Å². The summed E-state index contributed by atoms with van der Waals surface area (Å²) in [5.74, 6) is -0.500. The predicted molar refractivity (Wildman–Crippen MR) is 202 cm³/mol.